The molecule has 104 valence electrons. The van der Waals surface area contributed by atoms with Gasteiger partial charge >= 0.3 is 5.97 Å². The van der Waals surface area contributed by atoms with Crippen LogP contribution in [0, 0.1) is 5.92 Å². The first-order valence-electron chi connectivity index (χ1n) is 7.16. The normalized spacial score (nSPS) is 22.1. The van der Waals surface area contributed by atoms with Gasteiger partial charge in [-0.25, -0.2) is 4.79 Å². The fourth-order valence-corrected chi connectivity index (χ4v) is 3.17. The Morgan fingerprint density at radius 2 is 1.90 bits per heavy atom. The van der Waals surface area contributed by atoms with Crippen LogP contribution < -0.4 is 5.32 Å². The maximum absolute atomic E-state index is 11.3. The van der Waals surface area contributed by atoms with Gasteiger partial charge in [-0.05, 0) is 42.7 Å². The number of rotatable bonds is 3. The molecule has 2 atom stereocenters. The number of carboxylic acids is 1. The lowest BCUT2D eigenvalue weighted by Crippen LogP contribution is -2.15. The first-order valence-corrected chi connectivity index (χ1v) is 7.16. The van der Waals surface area contributed by atoms with E-state index in [0.717, 1.165) is 22.4 Å². The molecule has 0 heterocycles. The van der Waals surface area contributed by atoms with E-state index >= 15 is 0 Å². The van der Waals surface area contributed by atoms with E-state index in [1.54, 1.807) is 6.07 Å². The predicted octanol–water partition coefficient (Wildman–Crippen LogP) is 4.14. The summed E-state index contributed by atoms with van der Waals surface area (Å²) in [6.45, 7) is 2.29. The molecule has 20 heavy (non-hydrogen) atoms. The van der Waals surface area contributed by atoms with Crippen molar-refractivity contribution in [3.63, 3.8) is 0 Å². The number of benzene rings is 2. The zero-order chi connectivity index (χ0) is 14.1. The van der Waals surface area contributed by atoms with Gasteiger partial charge in [-0.2, -0.15) is 0 Å². The van der Waals surface area contributed by atoms with E-state index in [-0.39, 0.29) is 0 Å². The molecule has 2 aromatic carbocycles. The van der Waals surface area contributed by atoms with E-state index in [2.05, 4.69) is 12.2 Å². The van der Waals surface area contributed by atoms with Gasteiger partial charge in [-0.15, -0.1) is 0 Å². The molecular formula is C17H19NO2. The number of aromatic carboxylic acids is 1. The fraction of sp³-hybridized carbons (Fsp3) is 0.353. The first kappa shape index (κ1) is 13.0. The Kier molecular flexibility index (Phi) is 3.35. The quantitative estimate of drug-likeness (QED) is 0.880. The predicted molar refractivity (Wildman–Crippen MR) is 81.3 cm³/mol. The fourth-order valence-electron chi connectivity index (χ4n) is 3.17. The molecule has 0 aliphatic heterocycles. The number of nitrogens with one attached hydrogen (secondary N) is 1. The second-order valence-electron chi connectivity index (χ2n) is 5.77. The van der Waals surface area contributed by atoms with Crippen LogP contribution in [-0.2, 0) is 0 Å². The van der Waals surface area contributed by atoms with Gasteiger partial charge in [0.2, 0.25) is 0 Å². The number of hydrogen-bond acceptors (Lipinski definition) is 2. The Morgan fingerprint density at radius 1 is 1.15 bits per heavy atom. The molecule has 3 rings (SSSR count). The van der Waals surface area contributed by atoms with Crippen molar-refractivity contribution in [1.82, 2.24) is 0 Å². The van der Waals surface area contributed by atoms with Crippen LogP contribution in [0.2, 0.25) is 0 Å². The minimum atomic E-state index is -0.873. The number of anilines is 1. The zero-order valence-electron chi connectivity index (χ0n) is 11.6. The minimum Gasteiger partial charge on any atom is -0.478 e. The molecule has 3 heteroatoms. The van der Waals surface area contributed by atoms with Gasteiger partial charge in [0.05, 0.1) is 5.56 Å². The Morgan fingerprint density at radius 3 is 2.55 bits per heavy atom. The van der Waals surface area contributed by atoms with Crippen LogP contribution in [0.3, 0.4) is 0 Å². The van der Waals surface area contributed by atoms with Crippen LogP contribution in [0.25, 0.3) is 10.8 Å². The van der Waals surface area contributed by atoms with Crippen molar-refractivity contribution >= 4 is 22.4 Å². The Hall–Kier alpha value is -2.03. The van der Waals surface area contributed by atoms with E-state index in [1.807, 2.05) is 30.3 Å². The van der Waals surface area contributed by atoms with Crippen LogP contribution in [-0.4, -0.2) is 17.1 Å². The summed E-state index contributed by atoms with van der Waals surface area (Å²) in [5, 5.41) is 14.7. The van der Waals surface area contributed by atoms with E-state index in [4.69, 9.17) is 0 Å². The van der Waals surface area contributed by atoms with Crippen molar-refractivity contribution in [3.05, 3.63) is 42.0 Å². The number of carbonyl (C=O) groups is 1. The van der Waals surface area contributed by atoms with Crippen molar-refractivity contribution in [2.75, 3.05) is 5.32 Å². The molecule has 0 aromatic heterocycles. The van der Waals surface area contributed by atoms with Gasteiger partial charge in [0, 0.05) is 17.1 Å². The molecule has 1 aliphatic rings. The summed E-state index contributed by atoms with van der Waals surface area (Å²) in [5.41, 5.74) is 1.41. The average molecular weight is 269 g/mol. The second kappa shape index (κ2) is 5.16. The van der Waals surface area contributed by atoms with Crippen molar-refractivity contribution in [1.29, 1.82) is 0 Å². The molecule has 1 aliphatic carbocycles. The van der Waals surface area contributed by atoms with Crippen LogP contribution in [0.1, 0.15) is 36.5 Å². The van der Waals surface area contributed by atoms with Gasteiger partial charge in [-0.3, -0.25) is 0 Å². The monoisotopic (exact) mass is 269 g/mol. The summed E-state index contributed by atoms with van der Waals surface area (Å²) in [7, 11) is 0. The maximum Gasteiger partial charge on any atom is 0.336 e. The molecule has 1 saturated carbocycles. The SMILES string of the molecule is CC1CCC(Nc2ccc(C(=O)O)c3ccccc23)C1. The molecule has 0 saturated heterocycles. The van der Waals surface area contributed by atoms with Gasteiger partial charge in [0.25, 0.3) is 0 Å². The smallest absolute Gasteiger partial charge is 0.336 e. The van der Waals surface area contributed by atoms with Crippen LogP contribution >= 0.6 is 0 Å². The van der Waals surface area contributed by atoms with Gasteiger partial charge in [0.1, 0.15) is 0 Å². The second-order valence-corrected chi connectivity index (χ2v) is 5.77. The highest BCUT2D eigenvalue weighted by Gasteiger charge is 2.21. The highest BCUT2D eigenvalue weighted by atomic mass is 16.4. The number of carboxylic acid groups (broad SMARTS) is 1. The first-order chi connectivity index (χ1) is 9.65. The molecule has 3 nitrogen and oxygen atoms in total. The molecule has 1 fully saturated rings. The molecule has 0 amide bonds. The molecule has 2 unspecified atom stereocenters. The lowest BCUT2D eigenvalue weighted by molar-refractivity contribution is 0.0699. The largest absolute Gasteiger partial charge is 0.478 e. The summed E-state index contributed by atoms with van der Waals surface area (Å²) in [6, 6.07) is 11.8. The highest BCUT2D eigenvalue weighted by molar-refractivity contribution is 6.07. The molecule has 2 N–H and O–H groups in total. The van der Waals surface area contributed by atoms with E-state index in [0.29, 0.717) is 11.6 Å². The van der Waals surface area contributed by atoms with Crippen molar-refractivity contribution < 1.29 is 9.90 Å². The van der Waals surface area contributed by atoms with Gasteiger partial charge in [-0.1, -0.05) is 31.2 Å². The molecular weight excluding hydrogens is 250 g/mol. The van der Waals surface area contributed by atoms with E-state index in [1.165, 1.54) is 19.3 Å². The summed E-state index contributed by atoms with van der Waals surface area (Å²) >= 11 is 0. The standard InChI is InChI=1S/C17H19NO2/c1-11-6-7-12(10-11)18-16-9-8-15(17(19)20)13-4-2-3-5-14(13)16/h2-5,8-9,11-12,18H,6-7,10H2,1H3,(H,19,20). The summed E-state index contributed by atoms with van der Waals surface area (Å²) in [6.07, 6.45) is 3.65. The van der Waals surface area contributed by atoms with Crippen molar-refractivity contribution in [3.8, 4) is 0 Å². The lowest BCUT2D eigenvalue weighted by Gasteiger charge is -2.17. The van der Waals surface area contributed by atoms with Crippen LogP contribution in [0.4, 0.5) is 5.69 Å². The summed E-state index contributed by atoms with van der Waals surface area (Å²) < 4.78 is 0. The Labute approximate surface area is 118 Å². The average Bonchev–Trinajstić information content (AvgIpc) is 2.84. The topological polar surface area (TPSA) is 49.3 Å². The van der Waals surface area contributed by atoms with Gasteiger partial charge in [0.15, 0.2) is 0 Å². The van der Waals surface area contributed by atoms with Gasteiger partial charge < -0.3 is 10.4 Å². The lowest BCUT2D eigenvalue weighted by atomic mass is 10.0. The van der Waals surface area contributed by atoms with Crippen LogP contribution in [0.15, 0.2) is 36.4 Å². The zero-order valence-corrected chi connectivity index (χ0v) is 11.6. The number of fused-ring (bicyclic) bond motifs is 1. The molecule has 2 aromatic rings. The highest BCUT2D eigenvalue weighted by Crippen LogP contribution is 2.31. The molecule has 0 radical (unpaired) electrons. The number of hydrogen-bond donors (Lipinski definition) is 2. The maximum atomic E-state index is 11.3. The third-order valence-electron chi connectivity index (χ3n) is 4.21. The molecule has 0 spiro atoms. The minimum absolute atomic E-state index is 0.367. The Bertz CT molecular complexity index is 650. The molecule has 0 bridgehead atoms. The summed E-state index contributed by atoms with van der Waals surface area (Å²) in [4.78, 5) is 11.3. The van der Waals surface area contributed by atoms with E-state index < -0.39 is 5.97 Å². The van der Waals surface area contributed by atoms with E-state index in [9.17, 15) is 9.90 Å². The van der Waals surface area contributed by atoms with Crippen molar-refractivity contribution in [2.45, 2.75) is 32.2 Å². The van der Waals surface area contributed by atoms with Crippen LogP contribution in [0.5, 0.6) is 0 Å². The third-order valence-corrected chi connectivity index (χ3v) is 4.21. The van der Waals surface area contributed by atoms with Crippen molar-refractivity contribution in [2.24, 2.45) is 5.92 Å². The third kappa shape index (κ3) is 2.36. The summed E-state index contributed by atoms with van der Waals surface area (Å²) in [5.74, 6) is -0.0979. The Balaban J connectivity index is 2.00.